The number of imide groups is 1. The highest BCUT2D eigenvalue weighted by molar-refractivity contribution is 7.91. The Bertz CT molecular complexity index is 886. The number of hydrogen-bond donors (Lipinski definition) is 4. The van der Waals surface area contributed by atoms with Crippen molar-refractivity contribution >= 4 is 21.8 Å². The molecule has 3 amide bonds. The summed E-state index contributed by atoms with van der Waals surface area (Å²) < 4.78 is 22.8. The lowest BCUT2D eigenvalue weighted by Crippen LogP contribution is -3.28. The normalized spacial score (nSPS) is 25.7. The van der Waals surface area contributed by atoms with E-state index in [-0.39, 0.29) is 24.0 Å². The van der Waals surface area contributed by atoms with E-state index in [0.29, 0.717) is 12.0 Å². The van der Waals surface area contributed by atoms with E-state index in [4.69, 9.17) is 5.26 Å². The van der Waals surface area contributed by atoms with E-state index in [1.54, 1.807) is 0 Å². The zero-order valence-electron chi connectivity index (χ0n) is 16.2. The first-order valence-corrected chi connectivity index (χ1v) is 11.6. The second-order valence-corrected chi connectivity index (χ2v) is 10.0. The minimum atomic E-state index is -3.07. The maximum atomic E-state index is 12.1. The first-order chi connectivity index (χ1) is 13.8. The number of carbonyl (C=O) groups excluding carboxylic acids is 2. The van der Waals surface area contributed by atoms with Crippen LogP contribution in [0.2, 0.25) is 0 Å². The second-order valence-electron chi connectivity index (χ2n) is 7.78. The van der Waals surface area contributed by atoms with Gasteiger partial charge in [-0.15, -0.1) is 0 Å². The Labute approximate surface area is 170 Å². The molecule has 2 heterocycles. The Hall–Kier alpha value is -2.48. The fourth-order valence-corrected chi connectivity index (χ4v) is 5.50. The number of nitrogens with one attached hydrogen (secondary N) is 4. The average molecular weight is 422 g/mol. The summed E-state index contributed by atoms with van der Waals surface area (Å²) >= 11 is 0. The standard InChI is InChI=1S/C19H25N5O4S/c20-11-15-1-3-16(4-2-15)12-23-6-8-24(9-7-23)13-18(25)22-19(26)21-17-5-10-29(27,28)14-17/h1-4,17H,5-10,12-14H2,(H2,21,22,25,26)/p+2/t17-/m0/s1. The fraction of sp³-hybridized carbons (Fsp3) is 0.526. The lowest BCUT2D eigenvalue weighted by molar-refractivity contribution is -1.02. The summed E-state index contributed by atoms with van der Waals surface area (Å²) in [4.78, 5) is 26.6. The molecule has 1 aromatic carbocycles. The lowest BCUT2D eigenvalue weighted by Gasteiger charge is -2.29. The van der Waals surface area contributed by atoms with Crippen LogP contribution >= 0.6 is 0 Å². The third kappa shape index (κ3) is 6.52. The molecule has 2 fully saturated rings. The molecule has 4 N–H and O–H groups in total. The van der Waals surface area contributed by atoms with E-state index in [0.717, 1.165) is 37.6 Å². The van der Waals surface area contributed by atoms with Gasteiger partial charge in [-0.1, -0.05) is 12.1 Å². The largest absolute Gasteiger partial charge is 0.334 e. The van der Waals surface area contributed by atoms with Gasteiger partial charge in [-0.05, 0) is 18.6 Å². The van der Waals surface area contributed by atoms with Crippen LogP contribution in [-0.2, 0) is 21.2 Å². The zero-order valence-corrected chi connectivity index (χ0v) is 17.1. The Morgan fingerprint density at radius 2 is 1.76 bits per heavy atom. The summed E-state index contributed by atoms with van der Waals surface area (Å²) in [6.45, 7) is 4.63. The molecule has 9 nitrogen and oxygen atoms in total. The molecule has 3 rings (SSSR count). The zero-order chi connectivity index (χ0) is 20.9. The molecule has 1 atom stereocenters. The number of sulfone groups is 1. The van der Waals surface area contributed by atoms with E-state index in [9.17, 15) is 18.0 Å². The molecule has 2 aliphatic heterocycles. The van der Waals surface area contributed by atoms with E-state index in [2.05, 4.69) is 16.7 Å². The predicted octanol–water partition coefficient (Wildman–Crippen LogP) is -3.15. The molecule has 1 aromatic rings. The van der Waals surface area contributed by atoms with Crippen molar-refractivity contribution < 1.29 is 27.8 Å². The predicted molar refractivity (Wildman–Crippen MR) is 105 cm³/mol. The van der Waals surface area contributed by atoms with Crippen molar-refractivity contribution in [3.8, 4) is 6.07 Å². The van der Waals surface area contributed by atoms with Crippen LogP contribution in [-0.4, -0.2) is 70.6 Å². The number of rotatable bonds is 5. The number of nitriles is 1. The number of hydrogen-bond acceptors (Lipinski definition) is 5. The van der Waals surface area contributed by atoms with E-state index in [1.807, 2.05) is 24.3 Å². The number of urea groups is 1. The number of nitrogens with zero attached hydrogens (tertiary/aromatic N) is 1. The minimum Gasteiger partial charge on any atom is -0.334 e. The Morgan fingerprint density at radius 1 is 1.10 bits per heavy atom. The van der Waals surface area contributed by atoms with Crippen molar-refractivity contribution in [3.05, 3.63) is 35.4 Å². The quantitative estimate of drug-likeness (QED) is 0.400. The van der Waals surface area contributed by atoms with Crippen molar-refractivity contribution in [1.29, 1.82) is 5.26 Å². The SMILES string of the molecule is N#Cc1ccc(C[NH+]2CC[NH+](CC(=O)NC(=O)N[C@H]3CCS(=O)(=O)C3)CC2)cc1. The van der Waals surface area contributed by atoms with Gasteiger partial charge in [-0.25, -0.2) is 13.2 Å². The van der Waals surface area contributed by atoms with Gasteiger partial charge in [-0.3, -0.25) is 10.1 Å². The molecular weight excluding hydrogens is 394 g/mol. The van der Waals surface area contributed by atoms with Gasteiger partial charge in [-0.2, -0.15) is 5.26 Å². The smallest absolute Gasteiger partial charge is 0.321 e. The maximum absolute atomic E-state index is 12.1. The first-order valence-electron chi connectivity index (χ1n) is 9.80. The summed E-state index contributed by atoms with van der Waals surface area (Å²) in [6.07, 6.45) is 0.388. The van der Waals surface area contributed by atoms with Crippen molar-refractivity contribution in [1.82, 2.24) is 10.6 Å². The van der Waals surface area contributed by atoms with Crippen LogP contribution in [0.4, 0.5) is 4.79 Å². The number of amides is 3. The molecule has 0 saturated carbocycles. The number of carbonyl (C=O) groups is 2. The molecular formula is C19H27N5O4S+2. The van der Waals surface area contributed by atoms with Crippen molar-refractivity contribution in [2.75, 3.05) is 44.2 Å². The number of piperazine rings is 1. The molecule has 10 heteroatoms. The van der Waals surface area contributed by atoms with Crippen LogP contribution in [0.25, 0.3) is 0 Å². The van der Waals surface area contributed by atoms with E-state index < -0.39 is 21.9 Å². The molecule has 0 aliphatic carbocycles. The molecule has 29 heavy (non-hydrogen) atoms. The van der Waals surface area contributed by atoms with Crippen molar-refractivity contribution in [2.45, 2.75) is 19.0 Å². The van der Waals surface area contributed by atoms with Gasteiger partial charge in [0, 0.05) is 11.6 Å². The summed E-state index contributed by atoms with van der Waals surface area (Å²) in [5.74, 6) is -0.344. The number of benzene rings is 1. The molecule has 0 bridgehead atoms. The first kappa shape index (κ1) is 21.2. The van der Waals surface area contributed by atoms with Gasteiger partial charge in [0.25, 0.3) is 5.91 Å². The summed E-state index contributed by atoms with van der Waals surface area (Å²) in [6, 6.07) is 8.68. The Morgan fingerprint density at radius 3 is 2.34 bits per heavy atom. The monoisotopic (exact) mass is 421 g/mol. The molecule has 0 spiro atoms. The third-order valence-electron chi connectivity index (χ3n) is 5.43. The van der Waals surface area contributed by atoms with Crippen molar-refractivity contribution in [2.24, 2.45) is 0 Å². The summed E-state index contributed by atoms with van der Waals surface area (Å²) in [5, 5.41) is 13.7. The number of quaternary nitrogens is 2. The molecule has 0 unspecified atom stereocenters. The average Bonchev–Trinajstić information content (AvgIpc) is 3.02. The minimum absolute atomic E-state index is 0.0656. The van der Waals surface area contributed by atoms with Gasteiger partial charge in [0.05, 0.1) is 23.1 Å². The van der Waals surface area contributed by atoms with Crippen LogP contribution in [0.5, 0.6) is 0 Å². The highest BCUT2D eigenvalue weighted by atomic mass is 32.2. The van der Waals surface area contributed by atoms with Crippen molar-refractivity contribution in [3.63, 3.8) is 0 Å². The summed E-state index contributed by atoms with van der Waals surface area (Å²) in [7, 11) is -3.07. The Balaban J connectivity index is 1.36. The molecule has 2 saturated heterocycles. The topological polar surface area (TPSA) is 125 Å². The van der Waals surface area contributed by atoms with Crippen LogP contribution in [0.15, 0.2) is 24.3 Å². The van der Waals surface area contributed by atoms with Crippen LogP contribution in [0.3, 0.4) is 0 Å². The Kier molecular flexibility index (Phi) is 6.84. The van der Waals surface area contributed by atoms with E-state index >= 15 is 0 Å². The van der Waals surface area contributed by atoms with Gasteiger partial charge in [0.1, 0.15) is 32.7 Å². The lowest BCUT2D eigenvalue weighted by atomic mass is 10.1. The van der Waals surface area contributed by atoms with Crippen LogP contribution < -0.4 is 20.4 Å². The fourth-order valence-electron chi connectivity index (χ4n) is 3.82. The molecule has 156 valence electrons. The maximum Gasteiger partial charge on any atom is 0.321 e. The molecule has 0 aromatic heterocycles. The van der Waals surface area contributed by atoms with Gasteiger partial charge < -0.3 is 15.1 Å². The second kappa shape index (κ2) is 9.35. The summed E-state index contributed by atoms with van der Waals surface area (Å²) in [5.41, 5.74) is 1.84. The van der Waals surface area contributed by atoms with Crippen LogP contribution in [0, 0.1) is 11.3 Å². The third-order valence-corrected chi connectivity index (χ3v) is 7.20. The molecule has 2 aliphatic rings. The van der Waals surface area contributed by atoms with E-state index in [1.165, 1.54) is 10.5 Å². The highest BCUT2D eigenvalue weighted by Gasteiger charge is 2.30. The van der Waals surface area contributed by atoms with Gasteiger partial charge in [0.2, 0.25) is 0 Å². The van der Waals surface area contributed by atoms with Gasteiger partial charge in [0.15, 0.2) is 16.4 Å². The van der Waals surface area contributed by atoms with Gasteiger partial charge >= 0.3 is 6.03 Å². The highest BCUT2D eigenvalue weighted by Crippen LogP contribution is 2.10. The molecule has 0 radical (unpaired) electrons. The van der Waals surface area contributed by atoms with Crippen LogP contribution in [0.1, 0.15) is 17.5 Å².